The van der Waals surface area contributed by atoms with E-state index >= 15 is 0 Å². The van der Waals surface area contributed by atoms with Gasteiger partial charge in [0.1, 0.15) is 11.5 Å². The fourth-order valence-corrected chi connectivity index (χ4v) is 4.31. The van der Waals surface area contributed by atoms with Crippen LogP contribution in [0.1, 0.15) is 10.4 Å². The first kappa shape index (κ1) is 20.8. The van der Waals surface area contributed by atoms with Crippen molar-refractivity contribution in [2.45, 2.75) is 0 Å². The third-order valence-corrected chi connectivity index (χ3v) is 6.18. The van der Waals surface area contributed by atoms with Crippen LogP contribution in [-0.4, -0.2) is 31.3 Å². The maximum atomic E-state index is 13.0. The van der Waals surface area contributed by atoms with Crippen molar-refractivity contribution >= 4 is 56.2 Å². The van der Waals surface area contributed by atoms with Gasteiger partial charge in [0.05, 0.1) is 30.7 Å². The van der Waals surface area contributed by atoms with Gasteiger partial charge in [-0.2, -0.15) is 10.1 Å². The summed E-state index contributed by atoms with van der Waals surface area (Å²) >= 11 is 2.94. The lowest BCUT2D eigenvalue weighted by molar-refractivity contribution is -0.114. The van der Waals surface area contributed by atoms with Crippen molar-refractivity contribution in [1.82, 2.24) is 4.98 Å². The van der Waals surface area contributed by atoms with Crippen molar-refractivity contribution < 1.29 is 14.3 Å². The molecule has 0 N–H and O–H groups in total. The minimum Gasteiger partial charge on any atom is -0.497 e. The summed E-state index contributed by atoms with van der Waals surface area (Å²) in [5, 5.41) is 8.20. The number of amides is 1. The van der Waals surface area contributed by atoms with Crippen LogP contribution in [-0.2, 0) is 4.79 Å². The lowest BCUT2D eigenvalue weighted by atomic mass is 10.2. The molecule has 2 aromatic carbocycles. The highest BCUT2D eigenvalue weighted by molar-refractivity contribution is 7.22. The molecule has 0 spiro atoms. The molecule has 156 valence electrons. The number of methoxy groups -OCH3 is 2. The summed E-state index contributed by atoms with van der Waals surface area (Å²) in [5.74, 6) is 1.20. The van der Waals surface area contributed by atoms with Gasteiger partial charge in [0, 0.05) is 11.0 Å². The molecule has 6 nitrogen and oxygen atoms in total. The van der Waals surface area contributed by atoms with Gasteiger partial charge < -0.3 is 9.47 Å². The number of rotatable bonds is 7. The monoisotopic (exact) mass is 449 g/mol. The zero-order valence-corrected chi connectivity index (χ0v) is 18.5. The van der Waals surface area contributed by atoms with Crippen LogP contribution in [0.3, 0.4) is 0 Å². The standard InChI is InChI=1S/C23H19N3O3S2/c1-28-17-7-5-16(6-8-17)15-24-26(22(27)12-10-19-4-3-13-30-19)23-25-20-11-9-18(29-2)14-21(20)31-23/h3-15H,1-2H3/b12-10+,24-15+. The molecule has 0 saturated heterocycles. The van der Waals surface area contributed by atoms with Gasteiger partial charge in [-0.15, -0.1) is 11.3 Å². The summed E-state index contributed by atoms with van der Waals surface area (Å²) in [7, 11) is 3.24. The molecule has 31 heavy (non-hydrogen) atoms. The minimum absolute atomic E-state index is 0.288. The first-order valence-corrected chi connectivity index (χ1v) is 11.0. The van der Waals surface area contributed by atoms with Crippen LogP contribution < -0.4 is 14.5 Å². The third kappa shape index (κ3) is 4.99. The van der Waals surface area contributed by atoms with Crippen molar-refractivity contribution in [1.29, 1.82) is 0 Å². The number of aromatic nitrogens is 1. The van der Waals surface area contributed by atoms with Crippen LogP contribution in [0.2, 0.25) is 0 Å². The Labute approximate surface area is 187 Å². The number of fused-ring (bicyclic) bond motifs is 1. The third-order valence-electron chi connectivity index (χ3n) is 4.35. The molecule has 0 radical (unpaired) electrons. The van der Waals surface area contributed by atoms with E-state index in [0.717, 1.165) is 32.2 Å². The molecular formula is C23H19N3O3S2. The molecule has 0 aliphatic rings. The lowest BCUT2D eigenvalue weighted by Gasteiger charge is -2.11. The summed E-state index contributed by atoms with van der Waals surface area (Å²) in [6, 6.07) is 16.9. The van der Waals surface area contributed by atoms with E-state index in [1.54, 1.807) is 37.8 Å². The van der Waals surface area contributed by atoms with Crippen LogP contribution in [0.5, 0.6) is 11.5 Å². The van der Waals surface area contributed by atoms with Crippen molar-refractivity contribution in [3.05, 3.63) is 76.5 Å². The maximum Gasteiger partial charge on any atom is 0.273 e. The van der Waals surface area contributed by atoms with E-state index in [2.05, 4.69) is 10.1 Å². The van der Waals surface area contributed by atoms with Crippen LogP contribution >= 0.6 is 22.7 Å². The first-order valence-electron chi connectivity index (χ1n) is 9.34. The van der Waals surface area contributed by atoms with Gasteiger partial charge >= 0.3 is 0 Å². The van der Waals surface area contributed by atoms with Gasteiger partial charge in [-0.1, -0.05) is 17.4 Å². The molecule has 0 aliphatic heterocycles. The van der Waals surface area contributed by atoms with E-state index in [9.17, 15) is 4.79 Å². The van der Waals surface area contributed by atoms with E-state index in [-0.39, 0.29) is 5.91 Å². The highest BCUT2D eigenvalue weighted by Crippen LogP contribution is 2.32. The number of hydrogen-bond donors (Lipinski definition) is 0. The SMILES string of the molecule is COc1ccc(/C=N/N(C(=O)/C=C/c2cccs2)c2nc3ccc(OC)cc3s2)cc1. The quantitative estimate of drug-likeness (QED) is 0.214. The predicted molar refractivity (Wildman–Crippen MR) is 128 cm³/mol. The topological polar surface area (TPSA) is 64.0 Å². The molecule has 0 fully saturated rings. The maximum absolute atomic E-state index is 13.0. The largest absolute Gasteiger partial charge is 0.497 e. The Kier molecular flexibility index (Phi) is 6.40. The summed E-state index contributed by atoms with van der Waals surface area (Å²) in [5.41, 5.74) is 1.61. The average Bonchev–Trinajstić information content (AvgIpc) is 3.47. The van der Waals surface area contributed by atoms with Gasteiger partial charge in [-0.25, -0.2) is 4.98 Å². The number of nitrogens with zero attached hydrogens (tertiary/aromatic N) is 3. The summed E-state index contributed by atoms with van der Waals surface area (Å²) in [6.45, 7) is 0. The average molecular weight is 450 g/mol. The zero-order chi connectivity index (χ0) is 21.6. The van der Waals surface area contributed by atoms with E-state index in [1.807, 2.05) is 60.0 Å². The van der Waals surface area contributed by atoms with E-state index < -0.39 is 0 Å². The molecule has 4 rings (SSSR count). The molecule has 0 unspecified atom stereocenters. The number of ether oxygens (including phenoxy) is 2. The van der Waals surface area contributed by atoms with Gasteiger partial charge in [0.2, 0.25) is 5.13 Å². The molecule has 1 amide bonds. The molecule has 2 heterocycles. The first-order chi connectivity index (χ1) is 15.2. The Morgan fingerprint density at radius 2 is 1.84 bits per heavy atom. The molecular weight excluding hydrogens is 430 g/mol. The van der Waals surface area contributed by atoms with Gasteiger partial charge in [-0.3, -0.25) is 4.79 Å². The van der Waals surface area contributed by atoms with Crippen molar-refractivity contribution in [2.24, 2.45) is 5.10 Å². The normalized spacial score (nSPS) is 11.4. The molecule has 4 aromatic rings. The molecule has 8 heteroatoms. The molecule has 0 bridgehead atoms. The number of carbonyl (C=O) groups excluding carboxylic acids is 1. The van der Waals surface area contributed by atoms with Crippen molar-refractivity contribution in [3.8, 4) is 11.5 Å². The van der Waals surface area contributed by atoms with Gasteiger partial charge in [0.25, 0.3) is 5.91 Å². The number of hydrazone groups is 1. The second kappa shape index (κ2) is 9.55. The Bertz CT molecular complexity index is 1230. The number of anilines is 1. The van der Waals surface area contributed by atoms with Crippen molar-refractivity contribution in [3.63, 3.8) is 0 Å². The Balaban J connectivity index is 1.67. The van der Waals surface area contributed by atoms with Crippen LogP contribution in [0.15, 0.2) is 71.2 Å². The molecule has 0 atom stereocenters. The predicted octanol–water partition coefficient (Wildman–Crippen LogP) is 5.46. The summed E-state index contributed by atoms with van der Waals surface area (Å²) in [4.78, 5) is 18.6. The molecule has 0 saturated carbocycles. The number of hydrogen-bond acceptors (Lipinski definition) is 7. The highest BCUT2D eigenvalue weighted by atomic mass is 32.1. The second-order valence-corrected chi connectivity index (χ2v) is 8.33. The van der Waals surface area contributed by atoms with E-state index in [1.165, 1.54) is 22.4 Å². The summed E-state index contributed by atoms with van der Waals surface area (Å²) in [6.07, 6.45) is 4.91. The Morgan fingerprint density at radius 1 is 1.06 bits per heavy atom. The summed E-state index contributed by atoms with van der Waals surface area (Å²) < 4.78 is 11.4. The highest BCUT2D eigenvalue weighted by Gasteiger charge is 2.17. The van der Waals surface area contributed by atoms with E-state index in [0.29, 0.717) is 5.13 Å². The Hall–Kier alpha value is -3.49. The van der Waals surface area contributed by atoms with Gasteiger partial charge in [-0.05, 0) is 65.6 Å². The number of thiazole rings is 1. The fourth-order valence-electron chi connectivity index (χ4n) is 2.74. The van der Waals surface area contributed by atoms with Crippen LogP contribution in [0, 0.1) is 0 Å². The smallest absolute Gasteiger partial charge is 0.273 e. The fraction of sp³-hybridized carbons (Fsp3) is 0.0870. The Morgan fingerprint density at radius 3 is 2.55 bits per heavy atom. The van der Waals surface area contributed by atoms with Crippen LogP contribution in [0.25, 0.3) is 16.3 Å². The van der Waals surface area contributed by atoms with Crippen molar-refractivity contribution in [2.75, 3.05) is 19.2 Å². The zero-order valence-electron chi connectivity index (χ0n) is 16.9. The number of benzene rings is 2. The molecule has 0 aliphatic carbocycles. The van der Waals surface area contributed by atoms with Gasteiger partial charge in [0.15, 0.2) is 0 Å². The lowest BCUT2D eigenvalue weighted by Crippen LogP contribution is -2.23. The van der Waals surface area contributed by atoms with Crippen LogP contribution in [0.4, 0.5) is 5.13 Å². The second-order valence-electron chi connectivity index (χ2n) is 6.35. The molecule has 2 aromatic heterocycles. The number of thiophene rings is 1. The van der Waals surface area contributed by atoms with E-state index in [4.69, 9.17) is 9.47 Å². The minimum atomic E-state index is -0.288. The number of carbonyl (C=O) groups is 1.